The van der Waals surface area contributed by atoms with Gasteiger partial charge in [-0.05, 0) is 60.0 Å². The van der Waals surface area contributed by atoms with E-state index in [4.69, 9.17) is 16.3 Å². The number of hydrogen-bond acceptors (Lipinski definition) is 2. The lowest BCUT2D eigenvalue weighted by Gasteiger charge is -2.15. The highest BCUT2D eigenvalue weighted by Crippen LogP contribution is 2.38. The first kappa shape index (κ1) is 16.5. The van der Waals surface area contributed by atoms with Gasteiger partial charge in [-0.25, -0.2) is 4.39 Å². The highest BCUT2D eigenvalue weighted by molar-refractivity contribution is 6.31. The molecule has 2 aromatic carbocycles. The number of methoxy groups -OCH3 is 1. The number of nitrogens with one attached hydrogen (secondary N) is 1. The van der Waals surface area contributed by atoms with Crippen LogP contribution in [-0.2, 0) is 9.53 Å². The molecule has 0 spiro atoms. The lowest BCUT2D eigenvalue weighted by molar-refractivity contribution is -0.142. The summed E-state index contributed by atoms with van der Waals surface area (Å²) in [4.78, 5) is 15.6. The largest absolute Gasteiger partial charge is 0.469 e. The molecule has 3 rings (SSSR count). The van der Waals surface area contributed by atoms with Crippen molar-refractivity contribution < 1.29 is 13.9 Å². The highest BCUT2D eigenvalue weighted by Gasteiger charge is 2.27. The Morgan fingerprint density at radius 2 is 1.96 bits per heavy atom. The Morgan fingerprint density at radius 1 is 1.25 bits per heavy atom. The first-order valence-electron chi connectivity index (χ1n) is 7.70. The van der Waals surface area contributed by atoms with Gasteiger partial charge < -0.3 is 9.72 Å². The van der Waals surface area contributed by atoms with Crippen LogP contribution >= 0.6 is 11.6 Å². The molecule has 0 saturated heterocycles. The molecule has 1 unspecified atom stereocenters. The predicted octanol–water partition coefficient (Wildman–Crippen LogP) is 5.29. The number of H-pyrrole nitrogens is 1. The Kier molecular flexibility index (Phi) is 4.58. The molecule has 1 heterocycles. The zero-order valence-electron chi connectivity index (χ0n) is 13.4. The summed E-state index contributed by atoms with van der Waals surface area (Å²) in [6, 6.07) is 11.7. The van der Waals surface area contributed by atoms with Gasteiger partial charge in [-0.2, -0.15) is 0 Å². The van der Waals surface area contributed by atoms with Crippen LogP contribution in [-0.4, -0.2) is 18.1 Å². The topological polar surface area (TPSA) is 42.1 Å². The van der Waals surface area contributed by atoms with Crippen LogP contribution in [0.25, 0.3) is 22.2 Å². The summed E-state index contributed by atoms with van der Waals surface area (Å²) in [6.45, 7) is 1.93. The van der Waals surface area contributed by atoms with E-state index in [0.717, 1.165) is 27.7 Å². The minimum Gasteiger partial charge on any atom is -0.469 e. The van der Waals surface area contributed by atoms with E-state index >= 15 is 0 Å². The fourth-order valence-electron chi connectivity index (χ4n) is 3.02. The number of aromatic nitrogens is 1. The van der Waals surface area contributed by atoms with Crippen LogP contribution in [0.15, 0.2) is 42.5 Å². The molecule has 0 fully saturated rings. The zero-order valence-corrected chi connectivity index (χ0v) is 14.2. The second-order valence-electron chi connectivity index (χ2n) is 5.59. The van der Waals surface area contributed by atoms with Crippen molar-refractivity contribution in [1.82, 2.24) is 4.98 Å². The van der Waals surface area contributed by atoms with Crippen LogP contribution in [0, 0.1) is 5.82 Å². The third-order valence-corrected chi connectivity index (χ3v) is 4.41. The van der Waals surface area contributed by atoms with Gasteiger partial charge in [0.05, 0.1) is 18.7 Å². The average Bonchev–Trinajstić information content (AvgIpc) is 2.94. The summed E-state index contributed by atoms with van der Waals surface area (Å²) in [5.41, 5.74) is 3.29. The molecule has 1 aromatic heterocycles. The Balaban J connectivity index is 2.29. The van der Waals surface area contributed by atoms with Gasteiger partial charge in [-0.15, -0.1) is 0 Å². The molecule has 5 heteroatoms. The molecule has 3 aromatic rings. The molecule has 24 heavy (non-hydrogen) atoms. The van der Waals surface area contributed by atoms with E-state index in [1.165, 1.54) is 19.2 Å². The van der Waals surface area contributed by atoms with E-state index in [1.54, 1.807) is 18.2 Å². The van der Waals surface area contributed by atoms with Crippen molar-refractivity contribution in [2.75, 3.05) is 7.11 Å². The molecule has 124 valence electrons. The number of aromatic amines is 1. The van der Waals surface area contributed by atoms with Gasteiger partial charge >= 0.3 is 5.97 Å². The number of halogens is 2. The number of ether oxygens (including phenoxy) is 1. The summed E-state index contributed by atoms with van der Waals surface area (Å²) < 4.78 is 18.2. The number of carbonyl (C=O) groups is 1. The SMILES string of the molecule is CCC(C(=O)OC)c1c(-c2ccc(F)cc2)[nH]c2ccc(Cl)cc12. The lowest BCUT2D eigenvalue weighted by Crippen LogP contribution is -2.14. The third kappa shape index (κ3) is 2.89. The molecule has 0 amide bonds. The van der Waals surface area contributed by atoms with Crippen molar-refractivity contribution in [1.29, 1.82) is 0 Å². The maximum Gasteiger partial charge on any atom is 0.313 e. The standard InChI is InChI=1S/C19H17ClFNO2/c1-3-14(19(23)24-2)17-15-10-12(20)6-9-16(15)22-18(17)11-4-7-13(21)8-5-11/h4-10,14,22H,3H2,1-2H3. The average molecular weight is 346 g/mol. The highest BCUT2D eigenvalue weighted by atomic mass is 35.5. The van der Waals surface area contributed by atoms with Crippen LogP contribution < -0.4 is 0 Å². The molecular formula is C19H17ClFNO2. The van der Waals surface area contributed by atoms with Crippen LogP contribution in [0.2, 0.25) is 5.02 Å². The van der Waals surface area contributed by atoms with Crippen molar-refractivity contribution in [2.45, 2.75) is 19.3 Å². The Hall–Kier alpha value is -2.33. The second-order valence-corrected chi connectivity index (χ2v) is 6.03. The molecule has 0 bridgehead atoms. The van der Waals surface area contributed by atoms with Crippen molar-refractivity contribution in [3.63, 3.8) is 0 Å². The van der Waals surface area contributed by atoms with E-state index in [9.17, 15) is 9.18 Å². The monoisotopic (exact) mass is 345 g/mol. The Labute approximate surface area is 144 Å². The summed E-state index contributed by atoms with van der Waals surface area (Å²) >= 11 is 6.15. The van der Waals surface area contributed by atoms with Gasteiger partial charge in [0.2, 0.25) is 0 Å². The van der Waals surface area contributed by atoms with Crippen molar-refractivity contribution >= 4 is 28.5 Å². The number of carbonyl (C=O) groups excluding carboxylic acids is 1. The van der Waals surface area contributed by atoms with Gasteiger partial charge in [0, 0.05) is 15.9 Å². The normalized spacial score (nSPS) is 12.3. The summed E-state index contributed by atoms with van der Waals surface area (Å²) in [5.74, 6) is -1.04. The summed E-state index contributed by atoms with van der Waals surface area (Å²) in [5, 5.41) is 1.47. The number of fused-ring (bicyclic) bond motifs is 1. The van der Waals surface area contributed by atoms with Crippen LogP contribution in [0.5, 0.6) is 0 Å². The quantitative estimate of drug-likeness (QED) is 0.652. The molecule has 0 saturated carbocycles. The van der Waals surface area contributed by atoms with Crippen molar-refractivity contribution in [3.8, 4) is 11.3 Å². The number of benzene rings is 2. The zero-order chi connectivity index (χ0) is 17.3. The van der Waals surface area contributed by atoms with E-state index in [-0.39, 0.29) is 11.8 Å². The Morgan fingerprint density at radius 3 is 2.58 bits per heavy atom. The Bertz CT molecular complexity index is 886. The molecule has 0 aliphatic heterocycles. The smallest absolute Gasteiger partial charge is 0.313 e. The molecule has 0 aliphatic carbocycles. The maximum atomic E-state index is 13.3. The molecule has 0 aliphatic rings. The second kappa shape index (κ2) is 6.65. The number of hydrogen-bond donors (Lipinski definition) is 1. The molecular weight excluding hydrogens is 329 g/mol. The van der Waals surface area contributed by atoms with Crippen LogP contribution in [0.3, 0.4) is 0 Å². The molecule has 1 N–H and O–H groups in total. The van der Waals surface area contributed by atoms with E-state index in [1.807, 2.05) is 19.1 Å². The maximum absolute atomic E-state index is 13.3. The van der Waals surface area contributed by atoms with Gasteiger partial charge in [0.15, 0.2) is 0 Å². The summed E-state index contributed by atoms with van der Waals surface area (Å²) in [7, 11) is 1.38. The molecule has 3 nitrogen and oxygen atoms in total. The van der Waals surface area contributed by atoms with E-state index < -0.39 is 5.92 Å². The van der Waals surface area contributed by atoms with Crippen LogP contribution in [0.1, 0.15) is 24.8 Å². The van der Waals surface area contributed by atoms with E-state index in [0.29, 0.717) is 11.4 Å². The summed E-state index contributed by atoms with van der Waals surface area (Å²) in [6.07, 6.45) is 0.584. The molecule has 0 radical (unpaired) electrons. The predicted molar refractivity (Wildman–Crippen MR) is 93.8 cm³/mol. The minimum absolute atomic E-state index is 0.304. The minimum atomic E-state index is -0.428. The first-order chi connectivity index (χ1) is 11.5. The van der Waals surface area contributed by atoms with Gasteiger partial charge in [-0.1, -0.05) is 18.5 Å². The lowest BCUT2D eigenvalue weighted by atomic mass is 9.91. The van der Waals surface area contributed by atoms with Crippen molar-refractivity contribution in [3.05, 3.63) is 58.9 Å². The molecule has 1 atom stereocenters. The van der Waals surface area contributed by atoms with Gasteiger partial charge in [-0.3, -0.25) is 4.79 Å². The fourth-order valence-corrected chi connectivity index (χ4v) is 3.19. The first-order valence-corrected chi connectivity index (χ1v) is 8.07. The fraction of sp³-hybridized carbons (Fsp3) is 0.211. The van der Waals surface area contributed by atoms with Gasteiger partial charge in [0.25, 0.3) is 0 Å². The van der Waals surface area contributed by atoms with Crippen molar-refractivity contribution in [2.24, 2.45) is 0 Å². The van der Waals surface area contributed by atoms with Gasteiger partial charge in [0.1, 0.15) is 5.82 Å². The third-order valence-electron chi connectivity index (χ3n) is 4.18. The van der Waals surface area contributed by atoms with E-state index in [2.05, 4.69) is 4.98 Å². The van der Waals surface area contributed by atoms with Crippen LogP contribution in [0.4, 0.5) is 4.39 Å². The number of esters is 1. The number of rotatable bonds is 4.